The van der Waals surface area contributed by atoms with Gasteiger partial charge in [-0.3, -0.25) is 14.9 Å². The fourth-order valence-electron chi connectivity index (χ4n) is 2.51. The van der Waals surface area contributed by atoms with Gasteiger partial charge in [0.05, 0.1) is 23.2 Å². The molecule has 1 fully saturated rings. The highest BCUT2D eigenvalue weighted by Crippen LogP contribution is 2.33. The Labute approximate surface area is 164 Å². The first-order valence-electron chi connectivity index (χ1n) is 8.19. The number of carbonyl (C=O) groups excluding carboxylic acids is 1. The number of alkyl halides is 1. The van der Waals surface area contributed by atoms with Gasteiger partial charge < -0.3 is 4.74 Å². The molecule has 0 aliphatic heterocycles. The summed E-state index contributed by atoms with van der Waals surface area (Å²) in [6.07, 6.45) is 0.343. The highest BCUT2D eigenvalue weighted by Gasteiger charge is 2.41. The molecule has 2 atom stereocenters. The number of nitrogens with one attached hydrogen (secondary N) is 1. The topological polar surface area (TPSA) is 99.0 Å². The Hall–Kier alpha value is -2.95. The van der Waals surface area contributed by atoms with Gasteiger partial charge in [-0.1, -0.05) is 15.9 Å². The molecule has 0 saturated heterocycles. The predicted molar refractivity (Wildman–Crippen MR) is 98.3 cm³/mol. The van der Waals surface area contributed by atoms with Crippen LogP contribution in [0.4, 0.5) is 14.7 Å². The molecule has 11 heteroatoms. The van der Waals surface area contributed by atoms with Crippen molar-refractivity contribution in [2.75, 3.05) is 5.32 Å². The molecule has 1 saturated carbocycles. The summed E-state index contributed by atoms with van der Waals surface area (Å²) in [5.41, 5.74) is -0.516. The number of carbonyl (C=O) groups is 1. The van der Waals surface area contributed by atoms with Gasteiger partial charge in [-0.2, -0.15) is 0 Å². The molecule has 144 valence electrons. The van der Waals surface area contributed by atoms with E-state index >= 15 is 0 Å². The number of hydrogen-bond donors (Lipinski definition) is 1. The third-order valence-electron chi connectivity index (χ3n) is 3.97. The Morgan fingerprint density at radius 3 is 2.71 bits per heavy atom. The zero-order valence-electron chi connectivity index (χ0n) is 14.1. The second-order valence-electron chi connectivity index (χ2n) is 6.14. The van der Waals surface area contributed by atoms with Crippen molar-refractivity contribution in [3.8, 4) is 5.88 Å². The fourth-order valence-corrected chi connectivity index (χ4v) is 2.87. The van der Waals surface area contributed by atoms with E-state index in [1.165, 1.54) is 0 Å². The number of aromatic nitrogens is 4. The third kappa shape index (κ3) is 3.84. The molecule has 2 aromatic heterocycles. The fraction of sp³-hybridized carbons (Fsp3) is 0.235. The number of benzene rings is 1. The van der Waals surface area contributed by atoms with Crippen molar-refractivity contribution in [2.24, 2.45) is 0 Å². The Kier molecular flexibility index (Phi) is 4.75. The van der Waals surface area contributed by atoms with Crippen molar-refractivity contribution < 1.29 is 18.3 Å². The highest BCUT2D eigenvalue weighted by molar-refractivity contribution is 9.10. The van der Waals surface area contributed by atoms with Crippen molar-refractivity contribution in [3.63, 3.8) is 0 Å². The van der Waals surface area contributed by atoms with Crippen molar-refractivity contribution >= 4 is 38.6 Å². The smallest absolute Gasteiger partial charge is 0.275 e. The molecule has 1 N–H and O–H groups in total. The number of ether oxygens (including phenoxy) is 1. The van der Waals surface area contributed by atoms with Gasteiger partial charge >= 0.3 is 0 Å². The minimum atomic E-state index is -1.08. The van der Waals surface area contributed by atoms with Gasteiger partial charge in [0.1, 0.15) is 18.8 Å². The van der Waals surface area contributed by atoms with Crippen LogP contribution < -0.4 is 15.6 Å². The molecule has 3 aromatic rings. The van der Waals surface area contributed by atoms with Crippen molar-refractivity contribution in [2.45, 2.75) is 25.2 Å². The Balaban J connectivity index is 1.65. The molecule has 1 aromatic carbocycles. The summed E-state index contributed by atoms with van der Waals surface area (Å²) in [5.74, 6) is -1.34. The molecule has 28 heavy (non-hydrogen) atoms. The van der Waals surface area contributed by atoms with Crippen LogP contribution in [0.15, 0.2) is 39.9 Å². The van der Waals surface area contributed by atoms with Crippen molar-refractivity contribution in [3.05, 3.63) is 51.2 Å². The number of rotatable bonds is 5. The van der Waals surface area contributed by atoms with Gasteiger partial charge in [0, 0.05) is 10.9 Å². The number of anilines is 1. The normalized spacial score (nSPS) is 18.1. The maximum absolute atomic E-state index is 13.3. The van der Waals surface area contributed by atoms with Crippen LogP contribution >= 0.6 is 15.9 Å². The van der Waals surface area contributed by atoms with Crippen LogP contribution in [0.25, 0.3) is 10.8 Å². The summed E-state index contributed by atoms with van der Waals surface area (Å²) in [7, 11) is 0. The summed E-state index contributed by atoms with van der Waals surface area (Å²) in [6, 6.07) is 4.87. The molecule has 8 nitrogen and oxygen atoms in total. The minimum absolute atomic E-state index is 0.0619. The number of nitrogens with zero attached hydrogens (tertiary/aromatic N) is 4. The van der Waals surface area contributed by atoms with E-state index < -0.39 is 36.1 Å². The van der Waals surface area contributed by atoms with Crippen molar-refractivity contribution in [1.29, 1.82) is 0 Å². The van der Waals surface area contributed by atoms with E-state index in [9.17, 15) is 18.4 Å². The molecule has 1 aliphatic carbocycles. The number of halogens is 3. The van der Waals surface area contributed by atoms with E-state index in [1.807, 2.05) is 0 Å². The standard InChI is InChI=1S/C17H12BrF2N5O3/c18-8-1-2-10-11(3-8)15(28-13-4-12(13)20)24-25(16(10)27)7-14(26)23-17-21-5-9(19)6-22-17/h1-3,5-6,12-13H,4,7H2,(H,21,22,23,26). The Bertz CT molecular complexity index is 1120. The second kappa shape index (κ2) is 7.23. The number of hydrogen-bond acceptors (Lipinski definition) is 6. The number of amides is 1. The van der Waals surface area contributed by atoms with E-state index in [1.54, 1.807) is 18.2 Å². The maximum Gasteiger partial charge on any atom is 0.275 e. The quantitative estimate of drug-likeness (QED) is 0.638. The van der Waals surface area contributed by atoms with Crippen LogP contribution in [-0.2, 0) is 11.3 Å². The highest BCUT2D eigenvalue weighted by atomic mass is 79.9. The zero-order valence-corrected chi connectivity index (χ0v) is 15.7. The van der Waals surface area contributed by atoms with Gasteiger partial charge in [-0.15, -0.1) is 5.10 Å². The molecule has 4 rings (SSSR count). The lowest BCUT2D eigenvalue weighted by Crippen LogP contribution is -2.30. The van der Waals surface area contributed by atoms with Crippen LogP contribution in [-0.4, -0.2) is 37.9 Å². The van der Waals surface area contributed by atoms with Crippen LogP contribution in [0.3, 0.4) is 0 Å². The zero-order chi connectivity index (χ0) is 19.8. The summed E-state index contributed by atoms with van der Waals surface area (Å²) in [4.78, 5) is 32.1. The van der Waals surface area contributed by atoms with Crippen LogP contribution in [0, 0.1) is 5.82 Å². The molecule has 0 spiro atoms. The third-order valence-corrected chi connectivity index (χ3v) is 4.47. The number of fused-ring (bicyclic) bond motifs is 1. The van der Waals surface area contributed by atoms with Gasteiger partial charge in [0.15, 0.2) is 5.82 Å². The van der Waals surface area contributed by atoms with Crippen LogP contribution in [0.1, 0.15) is 6.42 Å². The van der Waals surface area contributed by atoms with E-state index in [4.69, 9.17) is 4.74 Å². The molecule has 2 heterocycles. The summed E-state index contributed by atoms with van der Waals surface area (Å²) in [5, 5.41) is 7.12. The first-order valence-corrected chi connectivity index (χ1v) is 8.98. The van der Waals surface area contributed by atoms with Gasteiger partial charge in [-0.05, 0) is 18.2 Å². The SMILES string of the molecule is O=C(Cn1nc(OC2CC2F)c2cc(Br)ccc2c1=O)Nc1ncc(F)cn1. The van der Waals surface area contributed by atoms with Gasteiger partial charge in [0.2, 0.25) is 17.7 Å². The summed E-state index contributed by atoms with van der Waals surface area (Å²) >= 11 is 3.31. The first kappa shape index (κ1) is 18.4. The summed E-state index contributed by atoms with van der Waals surface area (Å²) < 4.78 is 33.3. The minimum Gasteiger partial charge on any atom is -0.470 e. The lowest BCUT2D eigenvalue weighted by atomic mass is 10.2. The molecule has 1 amide bonds. The molecule has 0 bridgehead atoms. The predicted octanol–water partition coefficient (Wildman–Crippen LogP) is 2.22. The van der Waals surface area contributed by atoms with E-state index in [0.717, 1.165) is 17.1 Å². The molecular formula is C17H12BrF2N5O3. The van der Waals surface area contributed by atoms with Crippen LogP contribution in [0.2, 0.25) is 0 Å². The average Bonchev–Trinajstić information content (AvgIpc) is 3.35. The largest absolute Gasteiger partial charge is 0.470 e. The first-order chi connectivity index (χ1) is 13.4. The van der Waals surface area contributed by atoms with Crippen LogP contribution in [0.5, 0.6) is 5.88 Å². The summed E-state index contributed by atoms with van der Waals surface area (Å²) in [6.45, 7) is -0.453. The van der Waals surface area contributed by atoms with Gasteiger partial charge in [0.25, 0.3) is 5.56 Å². The van der Waals surface area contributed by atoms with Crippen molar-refractivity contribution in [1.82, 2.24) is 19.7 Å². The molecule has 0 radical (unpaired) electrons. The van der Waals surface area contributed by atoms with E-state index in [-0.39, 0.29) is 23.6 Å². The Morgan fingerprint density at radius 2 is 2.04 bits per heavy atom. The lowest BCUT2D eigenvalue weighted by molar-refractivity contribution is -0.117. The monoisotopic (exact) mass is 451 g/mol. The maximum atomic E-state index is 13.3. The van der Waals surface area contributed by atoms with E-state index in [0.29, 0.717) is 9.86 Å². The van der Waals surface area contributed by atoms with E-state index in [2.05, 4.69) is 36.3 Å². The van der Waals surface area contributed by atoms with Gasteiger partial charge in [-0.25, -0.2) is 23.4 Å². The Morgan fingerprint density at radius 1 is 1.32 bits per heavy atom. The molecular weight excluding hydrogens is 440 g/mol. The molecule has 1 aliphatic rings. The second-order valence-corrected chi connectivity index (χ2v) is 7.05. The lowest BCUT2D eigenvalue weighted by Gasteiger charge is -2.12. The molecule has 2 unspecified atom stereocenters. The average molecular weight is 452 g/mol.